The van der Waals surface area contributed by atoms with Gasteiger partial charge in [-0.2, -0.15) is 0 Å². The van der Waals surface area contributed by atoms with Crippen molar-refractivity contribution in [2.45, 2.75) is 23.8 Å². The summed E-state index contributed by atoms with van der Waals surface area (Å²) in [6.45, 7) is 1.80. The number of aryl methyl sites for hydroxylation is 1. The van der Waals surface area contributed by atoms with Gasteiger partial charge in [-0.3, -0.25) is 4.79 Å². The molecule has 1 amide bonds. The molecule has 1 aliphatic heterocycles. The summed E-state index contributed by atoms with van der Waals surface area (Å²) in [7, 11) is 2.03. The number of amides is 1. The van der Waals surface area contributed by atoms with Crippen LogP contribution in [0.3, 0.4) is 0 Å². The smallest absolute Gasteiger partial charge is 0.232 e. The molecule has 4 nitrogen and oxygen atoms in total. The van der Waals surface area contributed by atoms with Gasteiger partial charge in [-0.15, -0.1) is 11.8 Å². The Hall–Kier alpha value is -1.40. The SMILES string of the molecule is Cn1ccnc1SCC1CCN(C(=O)CSCc2ccccc2)CC1. The third kappa shape index (κ3) is 5.54. The maximum Gasteiger partial charge on any atom is 0.232 e. The van der Waals surface area contributed by atoms with E-state index in [-0.39, 0.29) is 5.91 Å². The summed E-state index contributed by atoms with van der Waals surface area (Å²) in [4.78, 5) is 18.8. The van der Waals surface area contributed by atoms with Gasteiger partial charge in [0.15, 0.2) is 5.16 Å². The Morgan fingerprint density at radius 1 is 1.24 bits per heavy atom. The van der Waals surface area contributed by atoms with E-state index in [0.29, 0.717) is 11.7 Å². The molecule has 0 bridgehead atoms. The molecular formula is C19H25N3OS2. The maximum atomic E-state index is 12.4. The molecule has 25 heavy (non-hydrogen) atoms. The number of nitrogens with zero attached hydrogens (tertiary/aromatic N) is 3. The Bertz CT molecular complexity index is 666. The van der Waals surface area contributed by atoms with Gasteiger partial charge in [0.25, 0.3) is 0 Å². The molecule has 1 aliphatic rings. The number of piperidine rings is 1. The first kappa shape index (κ1) is 18.4. The second kappa shape index (κ2) is 9.34. The highest BCUT2D eigenvalue weighted by Gasteiger charge is 2.23. The fourth-order valence-electron chi connectivity index (χ4n) is 2.95. The summed E-state index contributed by atoms with van der Waals surface area (Å²) in [6.07, 6.45) is 6.03. The Morgan fingerprint density at radius 2 is 2.00 bits per heavy atom. The van der Waals surface area contributed by atoms with E-state index in [0.717, 1.165) is 42.6 Å². The minimum Gasteiger partial charge on any atom is -0.342 e. The fraction of sp³-hybridized carbons (Fsp3) is 0.474. The van der Waals surface area contributed by atoms with Crippen LogP contribution in [0.15, 0.2) is 47.9 Å². The molecule has 2 aromatic rings. The summed E-state index contributed by atoms with van der Waals surface area (Å²) in [5, 5.41) is 1.08. The lowest BCUT2D eigenvalue weighted by atomic mass is 9.99. The van der Waals surface area contributed by atoms with Crippen LogP contribution in [0, 0.1) is 5.92 Å². The largest absolute Gasteiger partial charge is 0.342 e. The Labute approximate surface area is 158 Å². The van der Waals surface area contributed by atoms with E-state index in [4.69, 9.17) is 0 Å². The molecule has 2 heterocycles. The number of aromatic nitrogens is 2. The quantitative estimate of drug-likeness (QED) is 0.692. The third-order valence-corrected chi connectivity index (χ3v) is 6.81. The molecule has 0 spiro atoms. The van der Waals surface area contributed by atoms with Gasteiger partial charge in [0.2, 0.25) is 5.91 Å². The van der Waals surface area contributed by atoms with Crippen molar-refractivity contribution in [2.75, 3.05) is 24.6 Å². The molecule has 6 heteroatoms. The van der Waals surface area contributed by atoms with Gasteiger partial charge in [0, 0.05) is 44.0 Å². The number of imidazole rings is 1. The van der Waals surface area contributed by atoms with Crippen LogP contribution < -0.4 is 0 Å². The average Bonchev–Trinajstić information content (AvgIpc) is 3.06. The van der Waals surface area contributed by atoms with Crippen LogP contribution in [0.25, 0.3) is 0 Å². The molecular weight excluding hydrogens is 350 g/mol. The molecule has 1 saturated heterocycles. The predicted octanol–water partition coefficient (Wildman–Crippen LogP) is 3.68. The number of hydrogen-bond donors (Lipinski definition) is 0. The van der Waals surface area contributed by atoms with Gasteiger partial charge in [-0.25, -0.2) is 4.98 Å². The van der Waals surface area contributed by atoms with E-state index < -0.39 is 0 Å². The van der Waals surface area contributed by atoms with Crippen LogP contribution in [-0.2, 0) is 17.6 Å². The monoisotopic (exact) mass is 375 g/mol. The van der Waals surface area contributed by atoms with Gasteiger partial charge in [0.1, 0.15) is 0 Å². The number of hydrogen-bond acceptors (Lipinski definition) is 4. The van der Waals surface area contributed by atoms with Crippen molar-refractivity contribution in [1.82, 2.24) is 14.5 Å². The molecule has 0 aliphatic carbocycles. The zero-order chi connectivity index (χ0) is 17.5. The zero-order valence-corrected chi connectivity index (χ0v) is 16.3. The molecule has 134 valence electrons. The molecule has 0 atom stereocenters. The van der Waals surface area contributed by atoms with Crippen molar-refractivity contribution < 1.29 is 4.79 Å². The minimum atomic E-state index is 0.288. The average molecular weight is 376 g/mol. The summed E-state index contributed by atoms with van der Waals surface area (Å²) in [5.74, 6) is 3.56. The third-order valence-electron chi connectivity index (χ3n) is 4.53. The molecule has 1 aromatic carbocycles. The van der Waals surface area contributed by atoms with Gasteiger partial charge in [-0.1, -0.05) is 42.1 Å². The number of rotatable bonds is 7. The maximum absolute atomic E-state index is 12.4. The van der Waals surface area contributed by atoms with Crippen molar-refractivity contribution in [3.05, 3.63) is 48.3 Å². The molecule has 0 radical (unpaired) electrons. The first-order valence-corrected chi connectivity index (χ1v) is 10.9. The Morgan fingerprint density at radius 3 is 2.68 bits per heavy atom. The van der Waals surface area contributed by atoms with E-state index in [1.54, 1.807) is 11.8 Å². The lowest BCUT2D eigenvalue weighted by Crippen LogP contribution is -2.40. The highest BCUT2D eigenvalue weighted by molar-refractivity contribution is 7.99. The highest BCUT2D eigenvalue weighted by Crippen LogP contribution is 2.25. The van der Waals surface area contributed by atoms with Crippen LogP contribution in [0.5, 0.6) is 0 Å². The summed E-state index contributed by atoms with van der Waals surface area (Å²) in [5.41, 5.74) is 1.28. The summed E-state index contributed by atoms with van der Waals surface area (Å²) in [6, 6.07) is 10.3. The van der Waals surface area contributed by atoms with E-state index >= 15 is 0 Å². The van der Waals surface area contributed by atoms with Gasteiger partial charge in [-0.05, 0) is 24.3 Å². The van der Waals surface area contributed by atoms with E-state index in [1.165, 1.54) is 5.56 Å². The van der Waals surface area contributed by atoms with Crippen LogP contribution in [0.4, 0.5) is 0 Å². The fourth-order valence-corrected chi connectivity index (χ4v) is 4.96. The number of carbonyl (C=O) groups is 1. The van der Waals surface area contributed by atoms with E-state index in [2.05, 4.69) is 21.7 Å². The van der Waals surface area contributed by atoms with Gasteiger partial charge < -0.3 is 9.47 Å². The van der Waals surface area contributed by atoms with E-state index in [1.807, 2.05) is 54.3 Å². The van der Waals surface area contributed by atoms with Crippen molar-refractivity contribution in [3.63, 3.8) is 0 Å². The van der Waals surface area contributed by atoms with Crippen molar-refractivity contribution in [1.29, 1.82) is 0 Å². The van der Waals surface area contributed by atoms with Crippen LogP contribution in [0.1, 0.15) is 18.4 Å². The Balaban J connectivity index is 1.34. The van der Waals surface area contributed by atoms with Gasteiger partial charge >= 0.3 is 0 Å². The topological polar surface area (TPSA) is 38.1 Å². The zero-order valence-electron chi connectivity index (χ0n) is 14.6. The molecule has 0 N–H and O–H groups in total. The lowest BCUT2D eigenvalue weighted by Gasteiger charge is -2.31. The number of thioether (sulfide) groups is 2. The van der Waals surface area contributed by atoms with Crippen molar-refractivity contribution in [3.8, 4) is 0 Å². The van der Waals surface area contributed by atoms with Crippen LogP contribution in [-0.4, -0.2) is 45.0 Å². The highest BCUT2D eigenvalue weighted by atomic mass is 32.2. The molecule has 1 aromatic heterocycles. The molecule has 0 saturated carbocycles. The van der Waals surface area contributed by atoms with Crippen LogP contribution in [0.2, 0.25) is 0 Å². The van der Waals surface area contributed by atoms with Crippen molar-refractivity contribution in [2.24, 2.45) is 13.0 Å². The number of benzene rings is 1. The summed E-state index contributed by atoms with van der Waals surface area (Å²) < 4.78 is 2.06. The first-order chi connectivity index (χ1) is 12.2. The molecule has 0 unspecified atom stereocenters. The summed E-state index contributed by atoms with van der Waals surface area (Å²) >= 11 is 3.54. The van der Waals surface area contributed by atoms with Gasteiger partial charge in [0.05, 0.1) is 5.75 Å². The number of carbonyl (C=O) groups excluding carboxylic acids is 1. The van der Waals surface area contributed by atoms with Crippen LogP contribution >= 0.6 is 23.5 Å². The van der Waals surface area contributed by atoms with Crippen molar-refractivity contribution >= 4 is 29.4 Å². The predicted molar refractivity (Wildman–Crippen MR) is 106 cm³/mol. The second-order valence-electron chi connectivity index (χ2n) is 6.43. The first-order valence-electron chi connectivity index (χ1n) is 8.72. The van der Waals surface area contributed by atoms with E-state index in [9.17, 15) is 4.79 Å². The standard InChI is InChI=1S/C19H25N3OS2/c1-21-12-9-20-19(21)25-14-17-7-10-22(11-8-17)18(23)15-24-13-16-5-3-2-4-6-16/h2-6,9,12,17H,7-8,10-11,13-15H2,1H3. The second-order valence-corrected chi connectivity index (χ2v) is 8.41. The molecule has 1 fully saturated rings. The molecule has 3 rings (SSSR count). The Kier molecular flexibility index (Phi) is 6.87. The minimum absolute atomic E-state index is 0.288. The number of likely N-dealkylation sites (tertiary alicyclic amines) is 1. The lowest BCUT2D eigenvalue weighted by molar-refractivity contribution is -0.129. The normalized spacial score (nSPS) is 15.5.